The Hall–Kier alpha value is 0.896. The number of aryl methyl sites for hydroxylation is 2. The van der Waals surface area contributed by atoms with Gasteiger partial charge >= 0.3 is 51.4 Å². The van der Waals surface area contributed by atoms with Crippen molar-refractivity contribution in [3.63, 3.8) is 0 Å². The molecular weight excluding hydrogens is 227 g/mol. The monoisotopic (exact) mass is 237 g/mol. The predicted molar refractivity (Wildman–Crippen MR) is 53.7 cm³/mol. The topological polar surface area (TPSA) is 25.8 Å². The van der Waals surface area contributed by atoms with Gasteiger partial charge in [0.2, 0.25) is 0 Å². The molecular formula is C8H10KN2S2+. The molecule has 0 saturated heterocycles. The summed E-state index contributed by atoms with van der Waals surface area (Å²) in [6.07, 6.45) is 0. The number of hydrogen-bond acceptors (Lipinski definition) is 4. The maximum atomic E-state index is 3.94. The van der Waals surface area contributed by atoms with Crippen LogP contribution in [-0.2, 0) is 0 Å². The van der Waals surface area contributed by atoms with Gasteiger partial charge in [0.15, 0.2) is 0 Å². The first-order valence-corrected chi connectivity index (χ1v) is 5.37. The second kappa shape index (κ2) is 8.22. The second-order valence-electron chi connectivity index (χ2n) is 2.26. The molecule has 0 saturated carbocycles. The molecule has 2 aromatic rings. The van der Waals surface area contributed by atoms with E-state index in [-0.39, 0.29) is 51.4 Å². The summed E-state index contributed by atoms with van der Waals surface area (Å²) in [6, 6.07) is 0. The van der Waals surface area contributed by atoms with E-state index in [0.717, 1.165) is 11.4 Å². The molecule has 5 heteroatoms. The van der Waals surface area contributed by atoms with Crippen molar-refractivity contribution >= 4 is 22.7 Å². The molecule has 0 radical (unpaired) electrons. The molecule has 0 spiro atoms. The quantitative estimate of drug-likeness (QED) is 0.598. The van der Waals surface area contributed by atoms with E-state index in [9.17, 15) is 0 Å². The van der Waals surface area contributed by atoms with Crippen LogP contribution in [0.25, 0.3) is 0 Å². The Morgan fingerprint density at radius 3 is 1.38 bits per heavy atom. The van der Waals surface area contributed by atoms with Gasteiger partial charge in [-0.05, 0) is 13.8 Å². The smallest absolute Gasteiger partial charge is 0.250 e. The van der Waals surface area contributed by atoms with Gasteiger partial charge in [-0.3, -0.25) is 9.97 Å². The SMILES string of the molecule is Cc1cscn1.Cc1cscn1.[K+]. The molecule has 0 atom stereocenters. The van der Waals surface area contributed by atoms with Crippen molar-refractivity contribution in [2.24, 2.45) is 0 Å². The first-order chi connectivity index (χ1) is 5.79. The number of nitrogens with zero attached hydrogens (tertiary/aromatic N) is 2. The van der Waals surface area contributed by atoms with E-state index in [1.54, 1.807) is 22.7 Å². The van der Waals surface area contributed by atoms with Gasteiger partial charge in [0.05, 0.1) is 11.0 Å². The van der Waals surface area contributed by atoms with Crippen molar-refractivity contribution in [2.75, 3.05) is 0 Å². The first kappa shape index (κ1) is 13.9. The molecule has 0 N–H and O–H groups in total. The number of rotatable bonds is 0. The summed E-state index contributed by atoms with van der Waals surface area (Å²) in [6.45, 7) is 3.97. The number of aromatic nitrogens is 2. The van der Waals surface area contributed by atoms with E-state index < -0.39 is 0 Å². The van der Waals surface area contributed by atoms with E-state index in [2.05, 4.69) is 9.97 Å². The average Bonchev–Trinajstić information content (AvgIpc) is 2.63. The minimum absolute atomic E-state index is 0. The van der Waals surface area contributed by atoms with Crippen LogP contribution in [0.15, 0.2) is 21.8 Å². The van der Waals surface area contributed by atoms with Crippen molar-refractivity contribution < 1.29 is 51.4 Å². The average molecular weight is 237 g/mol. The Balaban J connectivity index is 0.000000206. The Labute approximate surface area is 129 Å². The van der Waals surface area contributed by atoms with Crippen molar-refractivity contribution in [1.82, 2.24) is 9.97 Å². The number of thiazole rings is 2. The molecule has 0 unspecified atom stereocenters. The summed E-state index contributed by atoms with van der Waals surface area (Å²) in [5.74, 6) is 0. The minimum atomic E-state index is 0. The fourth-order valence-electron chi connectivity index (χ4n) is 0.546. The summed E-state index contributed by atoms with van der Waals surface area (Å²) < 4.78 is 0. The molecule has 0 amide bonds. The van der Waals surface area contributed by atoms with Gasteiger partial charge in [-0.15, -0.1) is 22.7 Å². The summed E-state index contributed by atoms with van der Waals surface area (Å²) in [5, 5.41) is 4.03. The third-order valence-electron chi connectivity index (χ3n) is 1.11. The molecule has 0 aliphatic rings. The van der Waals surface area contributed by atoms with E-state index in [1.807, 2.05) is 35.6 Å². The Morgan fingerprint density at radius 2 is 1.31 bits per heavy atom. The van der Waals surface area contributed by atoms with Crippen LogP contribution in [0.1, 0.15) is 11.4 Å². The summed E-state index contributed by atoms with van der Waals surface area (Å²) in [4.78, 5) is 7.87. The fourth-order valence-corrected chi connectivity index (χ4v) is 1.64. The van der Waals surface area contributed by atoms with Crippen LogP contribution < -0.4 is 51.4 Å². The maximum absolute atomic E-state index is 3.94. The van der Waals surface area contributed by atoms with Crippen LogP contribution in [0.5, 0.6) is 0 Å². The standard InChI is InChI=1S/2C4H5NS.K/c2*1-4-2-6-3-5-4;/h2*2-3H,1H3;/q;;+1. The normalized spacial score (nSPS) is 8.15. The van der Waals surface area contributed by atoms with Crippen molar-refractivity contribution in [3.8, 4) is 0 Å². The molecule has 0 bridgehead atoms. The number of hydrogen-bond donors (Lipinski definition) is 0. The van der Waals surface area contributed by atoms with Gasteiger partial charge in [-0.2, -0.15) is 0 Å². The second-order valence-corrected chi connectivity index (χ2v) is 3.70. The molecule has 0 aromatic carbocycles. The summed E-state index contributed by atoms with van der Waals surface area (Å²) >= 11 is 3.26. The summed E-state index contributed by atoms with van der Waals surface area (Å²) in [5.41, 5.74) is 5.88. The van der Waals surface area contributed by atoms with Crippen LogP contribution in [0, 0.1) is 13.8 Å². The molecule has 2 aromatic heterocycles. The molecule has 0 fully saturated rings. The van der Waals surface area contributed by atoms with Gasteiger partial charge in [0, 0.05) is 22.1 Å². The van der Waals surface area contributed by atoms with Crippen molar-refractivity contribution in [3.05, 3.63) is 33.2 Å². The molecule has 0 aliphatic carbocycles. The minimum Gasteiger partial charge on any atom is -0.250 e. The Bertz CT molecular complexity index is 260. The fraction of sp³-hybridized carbons (Fsp3) is 0.250. The molecule has 2 heterocycles. The third-order valence-corrected chi connectivity index (χ3v) is 2.52. The zero-order valence-electron chi connectivity index (χ0n) is 8.02. The van der Waals surface area contributed by atoms with Crippen molar-refractivity contribution in [1.29, 1.82) is 0 Å². The van der Waals surface area contributed by atoms with Crippen LogP contribution >= 0.6 is 22.7 Å². The Kier molecular flexibility index (Phi) is 8.79. The Morgan fingerprint density at radius 1 is 0.923 bits per heavy atom. The van der Waals surface area contributed by atoms with E-state index in [0.29, 0.717) is 0 Å². The van der Waals surface area contributed by atoms with Crippen molar-refractivity contribution in [2.45, 2.75) is 13.8 Å². The maximum Gasteiger partial charge on any atom is 1.00 e. The zero-order chi connectivity index (χ0) is 8.81. The largest absolute Gasteiger partial charge is 1.00 e. The first-order valence-electron chi connectivity index (χ1n) is 3.48. The molecule has 64 valence electrons. The van der Waals surface area contributed by atoms with Gasteiger partial charge in [0.1, 0.15) is 0 Å². The van der Waals surface area contributed by atoms with Crippen LogP contribution in [-0.4, -0.2) is 9.97 Å². The van der Waals surface area contributed by atoms with Gasteiger partial charge in [-0.1, -0.05) is 0 Å². The van der Waals surface area contributed by atoms with Crippen LogP contribution in [0.4, 0.5) is 0 Å². The third kappa shape index (κ3) is 6.90. The molecule has 2 nitrogen and oxygen atoms in total. The van der Waals surface area contributed by atoms with E-state index >= 15 is 0 Å². The van der Waals surface area contributed by atoms with Gasteiger partial charge < -0.3 is 0 Å². The summed E-state index contributed by atoms with van der Waals surface area (Å²) in [7, 11) is 0. The van der Waals surface area contributed by atoms with E-state index in [1.165, 1.54) is 0 Å². The zero-order valence-corrected chi connectivity index (χ0v) is 12.8. The van der Waals surface area contributed by atoms with Gasteiger partial charge in [0.25, 0.3) is 0 Å². The molecule has 13 heavy (non-hydrogen) atoms. The molecule has 2 rings (SSSR count). The predicted octanol–water partition coefficient (Wildman–Crippen LogP) is -0.0930. The van der Waals surface area contributed by atoms with Crippen LogP contribution in [0.3, 0.4) is 0 Å². The van der Waals surface area contributed by atoms with E-state index in [4.69, 9.17) is 0 Å². The molecule has 0 aliphatic heterocycles. The van der Waals surface area contributed by atoms with Gasteiger partial charge in [-0.25, -0.2) is 0 Å². The van der Waals surface area contributed by atoms with Crippen LogP contribution in [0.2, 0.25) is 0 Å².